The first-order chi connectivity index (χ1) is 8.65. The number of nitrogens with two attached hydrogens (primary N) is 1. The predicted molar refractivity (Wildman–Crippen MR) is 67.5 cm³/mol. The van der Waals surface area contributed by atoms with Gasteiger partial charge in [-0.25, -0.2) is 4.98 Å². The molecule has 18 heavy (non-hydrogen) atoms. The minimum absolute atomic E-state index is 0.120. The van der Waals surface area contributed by atoms with Crippen LogP contribution in [0.25, 0.3) is 11.3 Å². The van der Waals surface area contributed by atoms with Crippen LogP contribution in [-0.2, 0) is 0 Å². The van der Waals surface area contributed by atoms with Crippen LogP contribution in [0.3, 0.4) is 0 Å². The Bertz CT molecular complexity index is 572. The molecule has 0 amide bonds. The van der Waals surface area contributed by atoms with E-state index in [4.69, 9.17) is 15.2 Å². The lowest BCUT2D eigenvalue weighted by molar-refractivity contribution is 0.401. The van der Waals surface area contributed by atoms with Gasteiger partial charge >= 0.3 is 0 Å². The fourth-order valence-electron chi connectivity index (χ4n) is 1.70. The van der Waals surface area contributed by atoms with Crippen LogP contribution in [0.15, 0.2) is 18.3 Å². The van der Waals surface area contributed by atoms with Crippen molar-refractivity contribution < 1.29 is 9.47 Å². The van der Waals surface area contributed by atoms with Crippen molar-refractivity contribution in [2.75, 3.05) is 20.0 Å². The number of methoxy groups -OCH3 is 2. The number of nitrogens with zero attached hydrogens (tertiary/aromatic N) is 3. The van der Waals surface area contributed by atoms with Gasteiger partial charge in [-0.15, -0.1) is 5.10 Å². The summed E-state index contributed by atoms with van der Waals surface area (Å²) in [6.07, 6.45) is 1.53. The van der Waals surface area contributed by atoms with Gasteiger partial charge < -0.3 is 15.2 Å². The third kappa shape index (κ3) is 2.17. The van der Waals surface area contributed by atoms with Gasteiger partial charge in [0.15, 0.2) is 0 Å². The molecule has 0 saturated carbocycles. The monoisotopic (exact) mass is 246 g/mol. The molecule has 6 heteroatoms. The largest absolute Gasteiger partial charge is 0.496 e. The van der Waals surface area contributed by atoms with Gasteiger partial charge in [0.25, 0.3) is 0 Å². The molecule has 1 aromatic carbocycles. The molecule has 0 radical (unpaired) electrons. The van der Waals surface area contributed by atoms with Crippen LogP contribution in [0, 0.1) is 6.92 Å². The summed E-state index contributed by atoms with van der Waals surface area (Å²) in [7, 11) is 3.22. The standard InChI is InChI=1S/C12H14N4O2/c1-7-4-11(18-3)8(5-10(7)17-2)9-6-14-16-12(13)15-9/h4-6H,1-3H3,(H2,13,15,16). The van der Waals surface area contributed by atoms with Crippen molar-refractivity contribution >= 4 is 5.95 Å². The van der Waals surface area contributed by atoms with E-state index in [1.54, 1.807) is 14.2 Å². The molecule has 0 aliphatic rings. The summed E-state index contributed by atoms with van der Waals surface area (Å²) in [6, 6.07) is 3.73. The molecule has 94 valence electrons. The van der Waals surface area contributed by atoms with E-state index in [0.717, 1.165) is 16.9 Å². The summed E-state index contributed by atoms with van der Waals surface area (Å²) >= 11 is 0. The Balaban J connectivity index is 2.61. The van der Waals surface area contributed by atoms with Crippen LogP contribution in [0.4, 0.5) is 5.95 Å². The van der Waals surface area contributed by atoms with E-state index in [1.165, 1.54) is 6.20 Å². The lowest BCUT2D eigenvalue weighted by atomic mass is 10.1. The predicted octanol–water partition coefficient (Wildman–Crippen LogP) is 1.45. The number of nitrogen functional groups attached to an aromatic ring is 1. The summed E-state index contributed by atoms with van der Waals surface area (Å²) in [4.78, 5) is 4.13. The molecule has 0 fully saturated rings. The molecule has 1 heterocycles. The zero-order valence-electron chi connectivity index (χ0n) is 10.5. The van der Waals surface area contributed by atoms with Gasteiger partial charge in [-0.3, -0.25) is 0 Å². The average Bonchev–Trinajstić information content (AvgIpc) is 2.38. The van der Waals surface area contributed by atoms with Gasteiger partial charge in [-0.2, -0.15) is 5.10 Å². The van der Waals surface area contributed by atoms with Crippen LogP contribution in [-0.4, -0.2) is 29.4 Å². The zero-order valence-corrected chi connectivity index (χ0v) is 10.5. The first kappa shape index (κ1) is 12.1. The van der Waals surface area contributed by atoms with Gasteiger partial charge in [0.1, 0.15) is 11.5 Å². The molecule has 6 nitrogen and oxygen atoms in total. The Morgan fingerprint density at radius 2 is 1.83 bits per heavy atom. The second-order valence-corrected chi connectivity index (χ2v) is 3.72. The Labute approximate surface area is 105 Å². The molecule has 0 spiro atoms. The molecule has 0 unspecified atom stereocenters. The molecular weight excluding hydrogens is 232 g/mol. The molecule has 2 rings (SSSR count). The fraction of sp³-hybridized carbons (Fsp3) is 0.250. The molecule has 2 N–H and O–H groups in total. The smallest absolute Gasteiger partial charge is 0.240 e. The maximum atomic E-state index is 5.53. The molecule has 1 aromatic heterocycles. The molecule has 0 bridgehead atoms. The first-order valence-electron chi connectivity index (χ1n) is 5.34. The van der Waals surface area contributed by atoms with Crippen LogP contribution < -0.4 is 15.2 Å². The molecular formula is C12H14N4O2. The Kier molecular flexibility index (Phi) is 3.27. The van der Waals surface area contributed by atoms with E-state index in [0.29, 0.717) is 11.4 Å². The highest BCUT2D eigenvalue weighted by Crippen LogP contribution is 2.34. The minimum Gasteiger partial charge on any atom is -0.496 e. The normalized spacial score (nSPS) is 10.2. The van der Waals surface area contributed by atoms with E-state index < -0.39 is 0 Å². The van der Waals surface area contributed by atoms with Crippen molar-refractivity contribution in [2.45, 2.75) is 6.92 Å². The lowest BCUT2D eigenvalue weighted by Gasteiger charge is -2.12. The lowest BCUT2D eigenvalue weighted by Crippen LogP contribution is -2.00. The quantitative estimate of drug-likeness (QED) is 0.882. The number of hydrogen-bond donors (Lipinski definition) is 1. The van der Waals surface area contributed by atoms with Gasteiger partial charge in [-0.1, -0.05) is 0 Å². The molecule has 0 atom stereocenters. The van der Waals surface area contributed by atoms with Gasteiger partial charge in [0, 0.05) is 5.56 Å². The Morgan fingerprint density at radius 3 is 2.44 bits per heavy atom. The van der Waals surface area contributed by atoms with Crippen molar-refractivity contribution in [1.29, 1.82) is 0 Å². The second kappa shape index (κ2) is 4.87. The maximum absolute atomic E-state index is 5.53. The number of aryl methyl sites for hydroxylation is 1. The average molecular weight is 246 g/mol. The first-order valence-corrected chi connectivity index (χ1v) is 5.34. The summed E-state index contributed by atoms with van der Waals surface area (Å²) in [5, 5.41) is 7.41. The SMILES string of the molecule is COc1cc(-c2cnnc(N)n2)c(OC)cc1C. The van der Waals surface area contributed by atoms with Gasteiger partial charge in [0.05, 0.1) is 26.1 Å². The molecule has 0 saturated heterocycles. The van der Waals surface area contributed by atoms with Gasteiger partial charge in [-0.05, 0) is 24.6 Å². The maximum Gasteiger partial charge on any atom is 0.240 e. The Morgan fingerprint density at radius 1 is 1.11 bits per heavy atom. The number of anilines is 1. The van der Waals surface area contributed by atoms with Crippen molar-refractivity contribution in [3.63, 3.8) is 0 Å². The molecule has 2 aromatic rings. The number of ether oxygens (including phenoxy) is 2. The zero-order chi connectivity index (χ0) is 13.1. The summed E-state index contributed by atoms with van der Waals surface area (Å²) in [5.41, 5.74) is 7.87. The molecule has 0 aliphatic heterocycles. The number of hydrogen-bond acceptors (Lipinski definition) is 6. The van der Waals surface area contributed by atoms with Crippen molar-refractivity contribution in [3.8, 4) is 22.8 Å². The van der Waals surface area contributed by atoms with Crippen LogP contribution in [0.2, 0.25) is 0 Å². The van der Waals surface area contributed by atoms with E-state index in [1.807, 2.05) is 19.1 Å². The third-order valence-corrected chi connectivity index (χ3v) is 2.57. The molecule has 0 aliphatic carbocycles. The highest BCUT2D eigenvalue weighted by molar-refractivity contribution is 5.70. The van der Waals surface area contributed by atoms with Crippen LogP contribution in [0.5, 0.6) is 11.5 Å². The van der Waals surface area contributed by atoms with Crippen molar-refractivity contribution in [2.24, 2.45) is 0 Å². The third-order valence-electron chi connectivity index (χ3n) is 2.57. The van der Waals surface area contributed by atoms with E-state index in [2.05, 4.69) is 15.2 Å². The highest BCUT2D eigenvalue weighted by atomic mass is 16.5. The highest BCUT2D eigenvalue weighted by Gasteiger charge is 2.12. The summed E-state index contributed by atoms with van der Waals surface area (Å²) < 4.78 is 10.6. The fourth-order valence-corrected chi connectivity index (χ4v) is 1.70. The van der Waals surface area contributed by atoms with Crippen molar-refractivity contribution in [3.05, 3.63) is 23.9 Å². The van der Waals surface area contributed by atoms with E-state index in [-0.39, 0.29) is 5.95 Å². The van der Waals surface area contributed by atoms with E-state index >= 15 is 0 Å². The summed E-state index contributed by atoms with van der Waals surface area (Å²) in [5.74, 6) is 1.56. The number of aromatic nitrogens is 3. The number of rotatable bonds is 3. The van der Waals surface area contributed by atoms with E-state index in [9.17, 15) is 0 Å². The summed E-state index contributed by atoms with van der Waals surface area (Å²) in [6.45, 7) is 1.94. The van der Waals surface area contributed by atoms with Crippen molar-refractivity contribution in [1.82, 2.24) is 15.2 Å². The Hall–Kier alpha value is -2.37. The van der Waals surface area contributed by atoms with Crippen LogP contribution >= 0.6 is 0 Å². The van der Waals surface area contributed by atoms with Gasteiger partial charge in [0.2, 0.25) is 5.95 Å². The second-order valence-electron chi connectivity index (χ2n) is 3.72. The minimum atomic E-state index is 0.120. The van der Waals surface area contributed by atoms with Crippen LogP contribution in [0.1, 0.15) is 5.56 Å². The topological polar surface area (TPSA) is 83.2 Å². The number of benzene rings is 1.